The number of benzene rings is 2. The summed E-state index contributed by atoms with van der Waals surface area (Å²) in [4.78, 5) is 4.27. The monoisotopic (exact) mass is 286 g/mol. The summed E-state index contributed by atoms with van der Waals surface area (Å²) in [6, 6.07) is 11.3. The molecule has 6 heteroatoms. The van der Waals surface area contributed by atoms with Crippen LogP contribution in [0.1, 0.15) is 17.4 Å². The number of halogens is 2. The maximum absolute atomic E-state index is 13.2. The van der Waals surface area contributed by atoms with Crippen molar-refractivity contribution in [1.82, 2.24) is 15.2 Å². The predicted molar refractivity (Wildman–Crippen MR) is 74.2 cm³/mol. The fourth-order valence-corrected chi connectivity index (χ4v) is 2.00. The van der Waals surface area contributed by atoms with Gasteiger partial charge in [0.1, 0.15) is 17.5 Å². The van der Waals surface area contributed by atoms with Gasteiger partial charge in [0.2, 0.25) is 0 Å². The van der Waals surface area contributed by atoms with Gasteiger partial charge in [0.05, 0.1) is 6.04 Å². The van der Waals surface area contributed by atoms with Gasteiger partial charge in [-0.15, -0.1) is 0 Å². The number of hydrogen-bond donors (Lipinski definition) is 2. The van der Waals surface area contributed by atoms with Crippen molar-refractivity contribution in [3.63, 3.8) is 0 Å². The van der Waals surface area contributed by atoms with Crippen LogP contribution in [0.15, 0.2) is 48.5 Å². The van der Waals surface area contributed by atoms with Gasteiger partial charge in [-0.3, -0.25) is 5.10 Å². The quantitative estimate of drug-likeness (QED) is 0.778. The Kier molecular flexibility index (Phi) is 3.45. The second-order valence-electron chi connectivity index (χ2n) is 4.58. The average molecular weight is 286 g/mol. The molecule has 0 aliphatic carbocycles. The van der Waals surface area contributed by atoms with E-state index in [0.717, 1.165) is 0 Å². The lowest BCUT2D eigenvalue weighted by molar-refractivity contribution is 0.626. The number of nitrogens with one attached hydrogen (secondary N) is 1. The van der Waals surface area contributed by atoms with Crippen LogP contribution >= 0.6 is 0 Å². The highest BCUT2D eigenvalue weighted by Gasteiger charge is 2.15. The van der Waals surface area contributed by atoms with E-state index in [9.17, 15) is 8.78 Å². The van der Waals surface area contributed by atoms with Gasteiger partial charge in [0.25, 0.3) is 0 Å². The van der Waals surface area contributed by atoms with Crippen LogP contribution in [-0.4, -0.2) is 15.2 Å². The fourth-order valence-electron chi connectivity index (χ4n) is 2.00. The van der Waals surface area contributed by atoms with Crippen LogP contribution in [0.4, 0.5) is 8.78 Å². The second-order valence-corrected chi connectivity index (χ2v) is 4.58. The highest BCUT2D eigenvalue weighted by atomic mass is 19.1. The minimum absolute atomic E-state index is 0.330. The molecule has 0 unspecified atom stereocenters. The Balaban J connectivity index is 1.89. The molecule has 1 heterocycles. The molecule has 0 spiro atoms. The Morgan fingerprint density at radius 3 is 2.48 bits per heavy atom. The van der Waals surface area contributed by atoms with E-state index in [1.54, 1.807) is 24.3 Å². The summed E-state index contributed by atoms with van der Waals surface area (Å²) in [5.41, 5.74) is 7.32. The zero-order valence-corrected chi connectivity index (χ0v) is 10.9. The van der Waals surface area contributed by atoms with E-state index < -0.39 is 6.04 Å². The van der Waals surface area contributed by atoms with Crippen LogP contribution < -0.4 is 5.73 Å². The van der Waals surface area contributed by atoms with Crippen LogP contribution in [0.5, 0.6) is 0 Å². The third kappa shape index (κ3) is 2.80. The number of H-pyrrole nitrogens is 1. The van der Waals surface area contributed by atoms with E-state index >= 15 is 0 Å². The SMILES string of the molecule is N[C@H](c1ccc(F)cc1)c1nc(-c2cccc(F)c2)n[nH]1. The summed E-state index contributed by atoms with van der Waals surface area (Å²) < 4.78 is 26.1. The Labute approximate surface area is 119 Å². The fraction of sp³-hybridized carbons (Fsp3) is 0.0667. The number of hydrogen-bond acceptors (Lipinski definition) is 3. The first-order chi connectivity index (χ1) is 10.1. The lowest BCUT2D eigenvalue weighted by Crippen LogP contribution is -2.13. The first-order valence-electron chi connectivity index (χ1n) is 6.33. The molecule has 0 saturated heterocycles. The van der Waals surface area contributed by atoms with Gasteiger partial charge in [-0.25, -0.2) is 13.8 Å². The molecule has 3 aromatic rings. The maximum atomic E-state index is 13.2. The molecule has 0 amide bonds. The van der Waals surface area contributed by atoms with E-state index in [2.05, 4.69) is 15.2 Å². The Bertz CT molecular complexity index is 752. The summed E-state index contributed by atoms with van der Waals surface area (Å²) in [6.07, 6.45) is 0. The topological polar surface area (TPSA) is 67.6 Å². The molecule has 21 heavy (non-hydrogen) atoms. The summed E-state index contributed by atoms with van der Waals surface area (Å²) >= 11 is 0. The lowest BCUT2D eigenvalue weighted by Gasteiger charge is -2.07. The highest BCUT2D eigenvalue weighted by Crippen LogP contribution is 2.20. The average Bonchev–Trinajstić information content (AvgIpc) is 2.97. The summed E-state index contributed by atoms with van der Waals surface area (Å²) in [7, 11) is 0. The van der Waals surface area contributed by atoms with Crippen molar-refractivity contribution in [2.24, 2.45) is 5.73 Å². The number of aromatic nitrogens is 3. The molecular formula is C15H12F2N4. The van der Waals surface area contributed by atoms with Gasteiger partial charge in [-0.1, -0.05) is 24.3 Å². The lowest BCUT2D eigenvalue weighted by atomic mass is 10.1. The van der Waals surface area contributed by atoms with Gasteiger partial charge in [0.15, 0.2) is 5.82 Å². The zero-order valence-electron chi connectivity index (χ0n) is 10.9. The molecule has 0 bridgehead atoms. The van der Waals surface area contributed by atoms with E-state index in [-0.39, 0.29) is 11.6 Å². The third-order valence-electron chi connectivity index (χ3n) is 3.11. The van der Waals surface area contributed by atoms with Crippen molar-refractivity contribution in [3.8, 4) is 11.4 Å². The number of aromatic amines is 1. The Hall–Kier alpha value is -2.60. The van der Waals surface area contributed by atoms with Crippen molar-refractivity contribution in [2.45, 2.75) is 6.04 Å². The van der Waals surface area contributed by atoms with Gasteiger partial charge in [-0.05, 0) is 29.8 Å². The van der Waals surface area contributed by atoms with Crippen molar-refractivity contribution in [3.05, 3.63) is 71.6 Å². The van der Waals surface area contributed by atoms with Crippen molar-refractivity contribution in [1.29, 1.82) is 0 Å². The normalized spacial score (nSPS) is 12.3. The molecule has 0 aliphatic heterocycles. The van der Waals surface area contributed by atoms with E-state index in [1.165, 1.54) is 24.3 Å². The summed E-state index contributed by atoms with van der Waals surface area (Å²) in [6.45, 7) is 0. The number of rotatable bonds is 3. The van der Waals surface area contributed by atoms with Crippen LogP contribution in [0.2, 0.25) is 0 Å². The van der Waals surface area contributed by atoms with E-state index in [4.69, 9.17) is 5.73 Å². The van der Waals surface area contributed by atoms with Crippen molar-refractivity contribution in [2.75, 3.05) is 0 Å². The van der Waals surface area contributed by atoms with Crippen LogP contribution in [0, 0.1) is 11.6 Å². The smallest absolute Gasteiger partial charge is 0.181 e. The van der Waals surface area contributed by atoms with Gasteiger partial charge in [-0.2, -0.15) is 5.10 Å². The molecule has 106 valence electrons. The van der Waals surface area contributed by atoms with Crippen molar-refractivity contribution >= 4 is 0 Å². The van der Waals surface area contributed by atoms with Crippen LogP contribution in [-0.2, 0) is 0 Å². The largest absolute Gasteiger partial charge is 0.318 e. The van der Waals surface area contributed by atoms with E-state index in [0.29, 0.717) is 22.8 Å². The Morgan fingerprint density at radius 1 is 1.00 bits per heavy atom. The number of nitrogens with zero attached hydrogens (tertiary/aromatic N) is 2. The van der Waals surface area contributed by atoms with Gasteiger partial charge < -0.3 is 5.73 Å². The molecule has 0 fully saturated rings. The second kappa shape index (κ2) is 5.41. The van der Waals surface area contributed by atoms with Crippen LogP contribution in [0.25, 0.3) is 11.4 Å². The first kappa shape index (κ1) is 13.4. The molecule has 3 N–H and O–H groups in total. The first-order valence-corrected chi connectivity index (χ1v) is 6.33. The molecule has 0 saturated carbocycles. The highest BCUT2D eigenvalue weighted by molar-refractivity contribution is 5.54. The molecule has 2 aromatic carbocycles. The molecule has 4 nitrogen and oxygen atoms in total. The van der Waals surface area contributed by atoms with Crippen LogP contribution in [0.3, 0.4) is 0 Å². The van der Waals surface area contributed by atoms with Gasteiger partial charge in [0, 0.05) is 5.56 Å². The molecule has 3 rings (SSSR count). The van der Waals surface area contributed by atoms with Gasteiger partial charge >= 0.3 is 0 Å². The summed E-state index contributed by atoms with van der Waals surface area (Å²) in [5.74, 6) is 0.105. The Morgan fingerprint density at radius 2 is 1.76 bits per heavy atom. The molecule has 1 aromatic heterocycles. The molecule has 1 atom stereocenters. The molecule has 0 radical (unpaired) electrons. The minimum Gasteiger partial charge on any atom is -0.318 e. The zero-order chi connectivity index (χ0) is 14.8. The number of nitrogens with two attached hydrogens (primary N) is 1. The minimum atomic E-state index is -0.555. The summed E-state index contributed by atoms with van der Waals surface area (Å²) in [5, 5.41) is 6.77. The molecule has 0 aliphatic rings. The van der Waals surface area contributed by atoms with Crippen molar-refractivity contribution < 1.29 is 8.78 Å². The predicted octanol–water partition coefficient (Wildman–Crippen LogP) is 2.80. The molecular weight excluding hydrogens is 274 g/mol. The third-order valence-corrected chi connectivity index (χ3v) is 3.11. The van der Waals surface area contributed by atoms with E-state index in [1.807, 2.05) is 0 Å². The standard InChI is InChI=1S/C15H12F2N4/c16-11-6-4-9(5-7-11)13(18)15-19-14(20-21-15)10-2-1-3-12(17)8-10/h1-8,13H,18H2,(H,19,20,21)/t13-/m1/s1. The maximum Gasteiger partial charge on any atom is 0.181 e.